The average Bonchev–Trinajstić information content (AvgIpc) is 2.57. The van der Waals surface area contributed by atoms with Crippen LogP contribution in [0, 0.1) is 11.3 Å². The molecule has 158 valence electrons. The molecule has 2 aliphatic rings. The third-order valence-electron chi connectivity index (χ3n) is 6.87. The Kier molecular flexibility index (Phi) is 5.39. The molecule has 5 heteroatoms. The molecule has 1 saturated carbocycles. The molecule has 0 unspecified atom stereocenters. The highest BCUT2D eigenvalue weighted by atomic mass is 16.6. The minimum atomic E-state index is -0.491. The van der Waals surface area contributed by atoms with Gasteiger partial charge in [0, 0.05) is 42.4 Å². The third kappa shape index (κ3) is 3.60. The smallest absolute Gasteiger partial charge is 0.308 e. The maximum Gasteiger partial charge on any atom is 0.308 e. The van der Waals surface area contributed by atoms with Crippen molar-refractivity contribution in [2.24, 2.45) is 11.3 Å². The van der Waals surface area contributed by atoms with Gasteiger partial charge in [-0.2, -0.15) is 0 Å². The molecule has 0 saturated heterocycles. The van der Waals surface area contributed by atoms with Gasteiger partial charge in [0.15, 0.2) is 17.3 Å². The summed E-state index contributed by atoms with van der Waals surface area (Å²) in [5.74, 6) is -0.241. The molecule has 0 spiro atoms. The Bertz CT molecular complexity index is 880. The second-order valence-electron chi connectivity index (χ2n) is 9.83. The van der Waals surface area contributed by atoms with E-state index >= 15 is 0 Å². The van der Waals surface area contributed by atoms with Crippen LogP contribution in [0.4, 0.5) is 0 Å². The van der Waals surface area contributed by atoms with E-state index in [-0.39, 0.29) is 39.9 Å². The highest BCUT2D eigenvalue weighted by Gasteiger charge is 2.54. The molecule has 0 aromatic heterocycles. The van der Waals surface area contributed by atoms with Gasteiger partial charge in [-0.25, -0.2) is 0 Å². The maximum atomic E-state index is 13.3. The van der Waals surface area contributed by atoms with Gasteiger partial charge in [0.1, 0.15) is 0 Å². The number of rotatable bonds is 3. The van der Waals surface area contributed by atoms with Crippen LogP contribution in [0.2, 0.25) is 0 Å². The molecule has 3 rings (SSSR count). The summed E-state index contributed by atoms with van der Waals surface area (Å²) in [5.41, 5.74) is 1.71. The molecule has 0 bridgehead atoms. The summed E-state index contributed by atoms with van der Waals surface area (Å²) in [6.45, 7) is 13.2. The molecular formula is C24H32O5. The van der Waals surface area contributed by atoms with Crippen molar-refractivity contribution in [3.63, 3.8) is 0 Å². The summed E-state index contributed by atoms with van der Waals surface area (Å²) in [6, 6.07) is 1.86. The number of benzene rings is 1. The number of hydrogen-bond donors (Lipinski definition) is 0. The van der Waals surface area contributed by atoms with Crippen molar-refractivity contribution >= 4 is 17.7 Å². The summed E-state index contributed by atoms with van der Waals surface area (Å²) in [7, 11) is 0. The molecule has 0 radical (unpaired) electrons. The molecule has 0 amide bonds. The van der Waals surface area contributed by atoms with Gasteiger partial charge >= 0.3 is 11.9 Å². The molecular weight excluding hydrogens is 368 g/mol. The molecule has 0 heterocycles. The first-order chi connectivity index (χ1) is 13.4. The Morgan fingerprint density at radius 1 is 1.03 bits per heavy atom. The van der Waals surface area contributed by atoms with Gasteiger partial charge in [-0.1, -0.05) is 41.0 Å². The van der Waals surface area contributed by atoms with Crippen molar-refractivity contribution in [2.45, 2.75) is 85.5 Å². The Labute approximate surface area is 173 Å². The fourth-order valence-electron chi connectivity index (χ4n) is 5.58. The van der Waals surface area contributed by atoms with Crippen molar-refractivity contribution < 1.29 is 23.9 Å². The zero-order valence-electron chi connectivity index (χ0n) is 18.6. The quantitative estimate of drug-likeness (QED) is 0.506. The van der Waals surface area contributed by atoms with Crippen LogP contribution in [0.3, 0.4) is 0 Å². The highest BCUT2D eigenvalue weighted by molar-refractivity contribution is 6.01. The van der Waals surface area contributed by atoms with E-state index in [4.69, 9.17) is 9.47 Å². The standard InChI is InChI=1S/C24H32O5/c1-13(2)16-11-17-18(27)12-19-23(5,6)9-8-10-24(19,7)20(17)22(29-15(4)26)21(16)28-14(3)25/h11,13,19H,8-10,12H2,1-7H3/t19-,24-/m0/s1. The summed E-state index contributed by atoms with van der Waals surface area (Å²) < 4.78 is 11.3. The summed E-state index contributed by atoms with van der Waals surface area (Å²) in [6.07, 6.45) is 3.47. The second-order valence-corrected chi connectivity index (χ2v) is 9.83. The van der Waals surface area contributed by atoms with Crippen LogP contribution in [0.15, 0.2) is 6.07 Å². The molecule has 2 atom stereocenters. The fourth-order valence-corrected chi connectivity index (χ4v) is 5.58. The first kappa shape index (κ1) is 21.5. The van der Waals surface area contributed by atoms with Crippen molar-refractivity contribution in [1.82, 2.24) is 0 Å². The SMILES string of the molecule is CC(=O)Oc1c(C(C)C)cc2c(c1OC(C)=O)[C@@]1(C)CCCC(C)(C)[C@@H]1CC2=O. The first-order valence-electron chi connectivity index (χ1n) is 10.5. The lowest BCUT2D eigenvalue weighted by Crippen LogP contribution is -2.49. The summed E-state index contributed by atoms with van der Waals surface area (Å²) >= 11 is 0. The Balaban J connectivity index is 2.39. The van der Waals surface area contributed by atoms with E-state index in [9.17, 15) is 14.4 Å². The Morgan fingerprint density at radius 3 is 2.17 bits per heavy atom. The number of hydrogen-bond acceptors (Lipinski definition) is 5. The highest BCUT2D eigenvalue weighted by Crippen LogP contribution is 2.60. The van der Waals surface area contributed by atoms with Gasteiger partial charge in [0.2, 0.25) is 0 Å². The third-order valence-corrected chi connectivity index (χ3v) is 6.87. The zero-order chi connectivity index (χ0) is 21.7. The van der Waals surface area contributed by atoms with Crippen LogP contribution in [-0.2, 0) is 15.0 Å². The Hall–Kier alpha value is -2.17. The fraction of sp³-hybridized carbons (Fsp3) is 0.625. The maximum absolute atomic E-state index is 13.3. The number of carbonyl (C=O) groups is 3. The van der Waals surface area contributed by atoms with Gasteiger partial charge in [0.05, 0.1) is 0 Å². The topological polar surface area (TPSA) is 69.7 Å². The van der Waals surface area contributed by atoms with Gasteiger partial charge in [0.25, 0.3) is 0 Å². The van der Waals surface area contributed by atoms with E-state index in [2.05, 4.69) is 20.8 Å². The molecule has 2 aliphatic carbocycles. The van der Waals surface area contributed by atoms with Gasteiger partial charge in [-0.3, -0.25) is 14.4 Å². The van der Waals surface area contributed by atoms with Crippen LogP contribution in [0.5, 0.6) is 11.5 Å². The van der Waals surface area contributed by atoms with Gasteiger partial charge in [-0.05, 0) is 36.2 Å². The van der Waals surface area contributed by atoms with E-state index in [1.807, 2.05) is 19.9 Å². The molecule has 29 heavy (non-hydrogen) atoms. The van der Waals surface area contributed by atoms with Gasteiger partial charge < -0.3 is 9.47 Å². The van der Waals surface area contributed by atoms with E-state index in [0.29, 0.717) is 17.5 Å². The van der Waals surface area contributed by atoms with Crippen molar-refractivity contribution in [1.29, 1.82) is 0 Å². The zero-order valence-corrected chi connectivity index (χ0v) is 18.6. The molecule has 1 aromatic rings. The largest absolute Gasteiger partial charge is 0.422 e. The van der Waals surface area contributed by atoms with E-state index in [1.165, 1.54) is 13.8 Å². The molecule has 0 aliphatic heterocycles. The molecule has 1 aromatic carbocycles. The van der Waals surface area contributed by atoms with Crippen LogP contribution in [0.1, 0.15) is 102 Å². The average molecular weight is 401 g/mol. The van der Waals surface area contributed by atoms with Crippen LogP contribution >= 0.6 is 0 Å². The summed E-state index contributed by atoms with van der Waals surface area (Å²) in [4.78, 5) is 37.2. The number of fused-ring (bicyclic) bond motifs is 3. The van der Waals surface area contributed by atoms with Crippen LogP contribution in [0.25, 0.3) is 0 Å². The Morgan fingerprint density at radius 2 is 1.62 bits per heavy atom. The lowest BCUT2D eigenvalue weighted by molar-refractivity contribution is -0.134. The first-order valence-corrected chi connectivity index (χ1v) is 10.5. The predicted octanol–water partition coefficient (Wildman–Crippen LogP) is 5.33. The molecule has 1 fully saturated rings. The van der Waals surface area contributed by atoms with Crippen molar-refractivity contribution in [3.05, 3.63) is 22.8 Å². The second kappa shape index (κ2) is 7.26. The van der Waals surface area contributed by atoms with Crippen molar-refractivity contribution in [3.8, 4) is 11.5 Å². The van der Waals surface area contributed by atoms with Crippen molar-refractivity contribution in [2.75, 3.05) is 0 Å². The number of ketones is 1. The minimum Gasteiger partial charge on any atom is -0.422 e. The number of esters is 2. The van der Waals surface area contributed by atoms with Crippen LogP contribution < -0.4 is 9.47 Å². The number of ether oxygens (including phenoxy) is 2. The monoisotopic (exact) mass is 400 g/mol. The van der Waals surface area contributed by atoms with Crippen LogP contribution in [-0.4, -0.2) is 17.7 Å². The lowest BCUT2D eigenvalue weighted by Gasteiger charge is -2.54. The molecule has 0 N–H and O–H groups in total. The normalized spacial score (nSPS) is 25.2. The van der Waals surface area contributed by atoms with E-state index < -0.39 is 11.9 Å². The molecule has 5 nitrogen and oxygen atoms in total. The predicted molar refractivity (Wildman–Crippen MR) is 111 cm³/mol. The van der Waals surface area contributed by atoms with Gasteiger partial charge in [-0.15, -0.1) is 0 Å². The number of Topliss-reactive ketones (excluding diaryl/α,β-unsaturated/α-hetero) is 1. The number of carbonyl (C=O) groups excluding carboxylic acids is 3. The van der Waals surface area contributed by atoms with E-state index in [1.54, 1.807) is 0 Å². The summed E-state index contributed by atoms with van der Waals surface area (Å²) in [5, 5.41) is 0. The lowest BCUT2D eigenvalue weighted by atomic mass is 9.50. The van der Waals surface area contributed by atoms with E-state index in [0.717, 1.165) is 24.8 Å². The minimum absolute atomic E-state index is 0.00778.